The van der Waals surface area contributed by atoms with Crippen LogP contribution in [0.3, 0.4) is 0 Å². The monoisotopic (exact) mass is 343 g/mol. The molecule has 1 saturated carbocycles. The largest absolute Gasteiger partial charge is 0.458 e. The second-order valence-electron chi connectivity index (χ2n) is 8.10. The predicted octanol–water partition coefficient (Wildman–Crippen LogP) is 3.23. The van der Waals surface area contributed by atoms with E-state index in [4.69, 9.17) is 4.74 Å². The van der Waals surface area contributed by atoms with Crippen LogP contribution in [0.2, 0.25) is 0 Å². The van der Waals surface area contributed by atoms with Gasteiger partial charge < -0.3 is 9.84 Å². The molecule has 2 bridgehead atoms. The van der Waals surface area contributed by atoms with Gasteiger partial charge in [0.15, 0.2) is 5.60 Å². The van der Waals surface area contributed by atoms with Gasteiger partial charge in [-0.2, -0.15) is 0 Å². The molecule has 2 aliphatic heterocycles. The van der Waals surface area contributed by atoms with Crippen LogP contribution in [0.5, 0.6) is 0 Å². The number of rotatable bonds is 4. The van der Waals surface area contributed by atoms with Gasteiger partial charge in [0, 0.05) is 18.0 Å². The fourth-order valence-electron chi connectivity index (χ4n) is 5.31. The van der Waals surface area contributed by atoms with Crippen LogP contribution in [0, 0.1) is 5.92 Å². The van der Waals surface area contributed by atoms with Gasteiger partial charge in [0.05, 0.1) is 0 Å². The van der Waals surface area contributed by atoms with Crippen molar-refractivity contribution in [2.75, 3.05) is 7.05 Å². The van der Waals surface area contributed by atoms with Crippen molar-refractivity contribution >= 4 is 5.97 Å². The zero-order valence-corrected chi connectivity index (χ0v) is 15.1. The average Bonchev–Trinajstić information content (AvgIpc) is 3.24. The van der Waals surface area contributed by atoms with Gasteiger partial charge in [-0.05, 0) is 51.1 Å². The van der Waals surface area contributed by atoms with Crippen molar-refractivity contribution in [3.05, 3.63) is 35.9 Å². The molecule has 2 heterocycles. The number of ether oxygens (including phenoxy) is 1. The van der Waals surface area contributed by atoms with Crippen LogP contribution in [0.25, 0.3) is 0 Å². The molecule has 1 unspecified atom stereocenters. The molecular weight excluding hydrogens is 314 g/mol. The molecule has 25 heavy (non-hydrogen) atoms. The summed E-state index contributed by atoms with van der Waals surface area (Å²) in [5, 5.41) is 11.5. The highest BCUT2D eigenvalue weighted by molar-refractivity contribution is 5.82. The first-order valence-corrected chi connectivity index (χ1v) is 9.81. The topological polar surface area (TPSA) is 49.8 Å². The molecule has 1 aliphatic carbocycles. The van der Waals surface area contributed by atoms with E-state index in [9.17, 15) is 9.90 Å². The number of benzene rings is 1. The van der Waals surface area contributed by atoms with E-state index in [1.165, 1.54) is 6.42 Å². The highest BCUT2D eigenvalue weighted by atomic mass is 16.6. The Kier molecular flexibility index (Phi) is 4.59. The van der Waals surface area contributed by atoms with E-state index >= 15 is 0 Å². The second kappa shape index (κ2) is 6.73. The number of carbonyl (C=O) groups excluding carboxylic acids is 1. The summed E-state index contributed by atoms with van der Waals surface area (Å²) in [6.07, 6.45) is 8.11. The zero-order valence-electron chi connectivity index (χ0n) is 15.1. The van der Waals surface area contributed by atoms with Crippen LogP contribution in [0.15, 0.2) is 30.3 Å². The van der Waals surface area contributed by atoms with Gasteiger partial charge in [0.25, 0.3) is 0 Å². The molecule has 0 amide bonds. The Morgan fingerprint density at radius 2 is 1.76 bits per heavy atom. The standard InChI is InChI=1S/C21H29NO3/c1-22-17-11-13-18(22)19(14-12-17)25-20(23)21(24,16-9-5-6-10-16)15-7-3-2-4-8-15/h2-4,7-8,16-19,24H,5-6,9-14H2,1H3/t17-,18-,19+,21?/m1/s1. The molecule has 1 aromatic rings. The minimum Gasteiger partial charge on any atom is -0.458 e. The number of fused-ring (bicyclic) bond motifs is 2. The van der Waals surface area contributed by atoms with E-state index in [1.807, 2.05) is 30.3 Å². The normalized spacial score (nSPS) is 32.5. The molecule has 2 saturated heterocycles. The van der Waals surface area contributed by atoms with Crippen LogP contribution in [0.4, 0.5) is 0 Å². The van der Waals surface area contributed by atoms with Gasteiger partial charge in [0.1, 0.15) is 6.10 Å². The SMILES string of the molecule is CN1[C@H]2CC[C@H](OC(=O)C(O)(c3ccccc3)C3CCCC3)[C@H]1CC2. The van der Waals surface area contributed by atoms with E-state index in [0.29, 0.717) is 17.6 Å². The Balaban J connectivity index is 1.58. The maximum atomic E-state index is 13.2. The average molecular weight is 343 g/mol. The molecule has 1 N–H and O–H groups in total. The highest BCUT2D eigenvalue weighted by Crippen LogP contribution is 2.43. The lowest BCUT2D eigenvalue weighted by Gasteiger charge is -2.39. The Hall–Kier alpha value is -1.39. The van der Waals surface area contributed by atoms with Crippen molar-refractivity contribution in [2.45, 2.75) is 75.2 Å². The smallest absolute Gasteiger partial charge is 0.343 e. The third-order valence-electron chi connectivity index (χ3n) is 6.84. The summed E-state index contributed by atoms with van der Waals surface area (Å²) < 4.78 is 5.99. The number of piperidine rings is 1. The lowest BCUT2D eigenvalue weighted by atomic mass is 9.80. The van der Waals surface area contributed by atoms with Crippen LogP contribution in [-0.4, -0.2) is 41.2 Å². The van der Waals surface area contributed by atoms with E-state index < -0.39 is 11.6 Å². The van der Waals surface area contributed by atoms with Gasteiger partial charge in [-0.1, -0.05) is 43.2 Å². The molecule has 0 aromatic heterocycles. The number of hydrogen-bond donors (Lipinski definition) is 1. The highest BCUT2D eigenvalue weighted by Gasteiger charge is 2.50. The van der Waals surface area contributed by atoms with Crippen LogP contribution < -0.4 is 0 Å². The molecule has 0 spiro atoms. The summed E-state index contributed by atoms with van der Waals surface area (Å²) >= 11 is 0. The number of esters is 1. The Bertz CT molecular complexity index is 613. The molecular formula is C21H29NO3. The quantitative estimate of drug-likeness (QED) is 0.853. The number of likely N-dealkylation sites (N-methyl/N-ethyl adjacent to an activating group) is 1. The molecule has 3 fully saturated rings. The molecule has 4 rings (SSSR count). The van der Waals surface area contributed by atoms with Gasteiger partial charge in [-0.15, -0.1) is 0 Å². The summed E-state index contributed by atoms with van der Waals surface area (Å²) in [6, 6.07) is 10.4. The Morgan fingerprint density at radius 1 is 1.08 bits per heavy atom. The van der Waals surface area contributed by atoms with Crippen molar-refractivity contribution in [2.24, 2.45) is 5.92 Å². The maximum absolute atomic E-state index is 13.2. The summed E-state index contributed by atoms with van der Waals surface area (Å²) in [6.45, 7) is 0. The molecule has 4 atom stereocenters. The minimum absolute atomic E-state index is 0.0416. The second-order valence-corrected chi connectivity index (χ2v) is 8.10. The van der Waals surface area contributed by atoms with Crippen LogP contribution >= 0.6 is 0 Å². The summed E-state index contributed by atoms with van der Waals surface area (Å²) in [5.74, 6) is -0.477. The van der Waals surface area contributed by atoms with Crippen LogP contribution in [0.1, 0.15) is 56.9 Å². The predicted molar refractivity (Wildman–Crippen MR) is 96.0 cm³/mol. The third kappa shape index (κ3) is 2.89. The molecule has 3 aliphatic rings. The summed E-state index contributed by atoms with van der Waals surface area (Å²) in [5.41, 5.74) is -0.827. The van der Waals surface area contributed by atoms with Crippen molar-refractivity contribution in [3.8, 4) is 0 Å². The van der Waals surface area contributed by atoms with E-state index in [1.54, 1.807) is 0 Å². The minimum atomic E-state index is -1.51. The van der Waals surface area contributed by atoms with E-state index in [0.717, 1.165) is 44.9 Å². The lowest BCUT2D eigenvalue weighted by Crippen LogP contribution is -2.51. The van der Waals surface area contributed by atoms with Gasteiger partial charge in [-0.25, -0.2) is 4.79 Å². The van der Waals surface area contributed by atoms with Gasteiger partial charge in [0.2, 0.25) is 0 Å². The zero-order chi connectivity index (χ0) is 17.4. The fraction of sp³-hybridized carbons (Fsp3) is 0.667. The number of aliphatic hydroxyl groups is 1. The van der Waals surface area contributed by atoms with Crippen molar-refractivity contribution in [3.63, 3.8) is 0 Å². The van der Waals surface area contributed by atoms with Crippen molar-refractivity contribution in [1.82, 2.24) is 4.90 Å². The van der Waals surface area contributed by atoms with Gasteiger partial charge in [-0.3, -0.25) is 4.90 Å². The fourth-order valence-corrected chi connectivity index (χ4v) is 5.31. The Morgan fingerprint density at radius 3 is 2.48 bits per heavy atom. The van der Waals surface area contributed by atoms with Gasteiger partial charge >= 0.3 is 5.97 Å². The molecule has 4 heteroatoms. The molecule has 136 valence electrons. The number of nitrogens with zero attached hydrogens (tertiary/aromatic N) is 1. The van der Waals surface area contributed by atoms with E-state index in [2.05, 4.69) is 11.9 Å². The third-order valence-corrected chi connectivity index (χ3v) is 6.84. The first-order valence-electron chi connectivity index (χ1n) is 9.81. The molecule has 1 aromatic carbocycles. The van der Waals surface area contributed by atoms with Crippen LogP contribution in [-0.2, 0) is 15.1 Å². The number of carbonyl (C=O) groups is 1. The Labute approximate surface area is 150 Å². The maximum Gasteiger partial charge on any atom is 0.343 e. The first-order chi connectivity index (χ1) is 12.1. The summed E-state index contributed by atoms with van der Waals surface area (Å²) in [7, 11) is 2.14. The number of hydrogen-bond acceptors (Lipinski definition) is 4. The summed E-state index contributed by atoms with van der Waals surface area (Å²) in [4.78, 5) is 15.6. The first kappa shape index (κ1) is 17.0. The van der Waals surface area contributed by atoms with Crippen molar-refractivity contribution < 1.29 is 14.6 Å². The van der Waals surface area contributed by atoms with E-state index in [-0.39, 0.29) is 12.0 Å². The van der Waals surface area contributed by atoms with Crippen molar-refractivity contribution in [1.29, 1.82) is 0 Å². The lowest BCUT2D eigenvalue weighted by molar-refractivity contribution is -0.184. The molecule has 0 radical (unpaired) electrons. The molecule has 4 nitrogen and oxygen atoms in total.